The second-order valence-electron chi connectivity index (χ2n) is 10.8. The van der Waals surface area contributed by atoms with Crippen LogP contribution in [0, 0.1) is 11.3 Å². The van der Waals surface area contributed by atoms with E-state index in [0.717, 1.165) is 66.0 Å². The molecule has 3 saturated heterocycles. The van der Waals surface area contributed by atoms with Crippen molar-refractivity contribution in [3.05, 3.63) is 86.5 Å². The zero-order chi connectivity index (χ0) is 29.1. The number of aromatic amines is 1. The van der Waals surface area contributed by atoms with Crippen LogP contribution in [-0.2, 0) is 17.5 Å². The van der Waals surface area contributed by atoms with Crippen molar-refractivity contribution in [3.8, 4) is 6.07 Å². The summed E-state index contributed by atoms with van der Waals surface area (Å²) in [7, 11) is 0. The number of anilines is 2. The predicted octanol–water partition coefficient (Wildman–Crippen LogP) is 1.87. The molecule has 5 heterocycles. The van der Waals surface area contributed by atoms with Crippen LogP contribution < -0.4 is 15.7 Å². The van der Waals surface area contributed by atoms with Crippen molar-refractivity contribution in [2.45, 2.75) is 25.7 Å². The van der Waals surface area contributed by atoms with Gasteiger partial charge in [-0.2, -0.15) is 18.4 Å². The lowest BCUT2D eigenvalue weighted by Gasteiger charge is -2.51. The summed E-state index contributed by atoms with van der Waals surface area (Å²) in [6, 6.07) is 10.3. The Bertz CT molecular complexity index is 1660. The van der Waals surface area contributed by atoms with E-state index in [2.05, 4.69) is 21.2 Å². The summed E-state index contributed by atoms with van der Waals surface area (Å²) in [5.74, 6) is -1.63. The lowest BCUT2D eigenvalue weighted by atomic mass is 9.89. The molecule has 212 valence electrons. The number of hydrogen-bond donors (Lipinski definition) is 1. The Hall–Kier alpha value is -4.41. The molecule has 4 aliphatic heterocycles. The van der Waals surface area contributed by atoms with Crippen LogP contribution in [0.4, 0.5) is 24.8 Å². The van der Waals surface area contributed by atoms with E-state index in [9.17, 15) is 33.1 Å². The first kappa shape index (κ1) is 26.8. The van der Waals surface area contributed by atoms with Crippen molar-refractivity contribution in [2.24, 2.45) is 0 Å². The van der Waals surface area contributed by atoms with E-state index in [1.165, 1.54) is 24.0 Å². The average molecular weight is 566 g/mol. The highest BCUT2D eigenvalue weighted by Gasteiger charge is 2.42. The summed E-state index contributed by atoms with van der Waals surface area (Å²) in [6.07, 6.45) is -4.64. The second-order valence-corrected chi connectivity index (χ2v) is 10.8. The summed E-state index contributed by atoms with van der Waals surface area (Å²) in [4.78, 5) is 29.6. The normalized spacial score (nSPS) is 23.8. The molecule has 1 N–H and O–H groups in total. The number of carbonyl (C=O) groups is 1. The predicted molar refractivity (Wildman–Crippen MR) is 138 cm³/mol. The van der Waals surface area contributed by atoms with Gasteiger partial charge in [-0.25, -0.2) is 14.5 Å². The molecule has 3 aromatic rings. The van der Waals surface area contributed by atoms with E-state index < -0.39 is 29.4 Å². The SMILES string of the molecule is CC1=C(C(=O)[O-])[C@@H](c2ccc(C#N)cc2C[N+]23CCN(CC2)CC3)n2c(n[nH]c2=O)N1c1cccc(C(F)(F)F)c1. The fraction of sp³-hybridized carbons (Fsp3) is 0.357. The molecule has 13 heteroatoms. The van der Waals surface area contributed by atoms with Gasteiger partial charge in [0.15, 0.2) is 0 Å². The van der Waals surface area contributed by atoms with E-state index in [-0.39, 0.29) is 22.9 Å². The third-order valence-electron chi connectivity index (χ3n) is 8.54. The number of carboxylic acid groups (broad SMARTS) is 1. The number of quaternary nitrogens is 1. The number of alkyl halides is 3. The van der Waals surface area contributed by atoms with Gasteiger partial charge in [-0.15, -0.1) is 5.10 Å². The molecule has 4 aliphatic rings. The van der Waals surface area contributed by atoms with Gasteiger partial charge in [0.05, 0.1) is 48.8 Å². The zero-order valence-electron chi connectivity index (χ0n) is 22.1. The maximum Gasteiger partial charge on any atom is 0.416 e. The molecule has 7 rings (SSSR count). The van der Waals surface area contributed by atoms with Crippen molar-refractivity contribution in [1.29, 1.82) is 5.26 Å². The number of rotatable bonds is 5. The topological polar surface area (TPSA) is 121 Å². The molecule has 0 unspecified atom stereocenters. The Kier molecular flexibility index (Phi) is 6.28. The first-order valence-corrected chi connectivity index (χ1v) is 13.2. The first-order valence-electron chi connectivity index (χ1n) is 13.2. The van der Waals surface area contributed by atoms with Crippen molar-refractivity contribution < 1.29 is 27.6 Å². The molecule has 2 aromatic carbocycles. The van der Waals surface area contributed by atoms with E-state index in [0.29, 0.717) is 17.7 Å². The van der Waals surface area contributed by atoms with E-state index in [4.69, 9.17) is 0 Å². The number of halogens is 3. The Labute approximate surface area is 232 Å². The molecule has 0 amide bonds. The third-order valence-corrected chi connectivity index (χ3v) is 8.54. The number of carboxylic acids is 1. The quantitative estimate of drug-likeness (QED) is 0.469. The standard InChI is InChI=1S/C28H26F3N7O3/c1-17-23(25(39)40)24(22-6-5-18(15-32)13-19(22)16-38-10-7-35(8-11-38)9-12-38)37-26(33-34-27(37)41)36(17)21-4-2-3-20(14-21)28(29,30)31/h2-6,13-14,24H,7-12,16H2,1H3,(H-,34,39,40,41)/t24-/m1/s1. The Morgan fingerprint density at radius 1 is 1.17 bits per heavy atom. The van der Waals surface area contributed by atoms with E-state index >= 15 is 0 Å². The number of fused-ring (bicyclic) bond motifs is 4. The monoisotopic (exact) mass is 565 g/mol. The lowest BCUT2D eigenvalue weighted by molar-refractivity contribution is -0.953. The third kappa shape index (κ3) is 4.49. The van der Waals surface area contributed by atoms with Crippen LogP contribution in [0.2, 0.25) is 0 Å². The molecule has 0 spiro atoms. The summed E-state index contributed by atoms with van der Waals surface area (Å²) in [5.41, 5.74) is -0.285. The molecule has 2 bridgehead atoms. The molecule has 3 fully saturated rings. The molecule has 41 heavy (non-hydrogen) atoms. The molecule has 1 atom stereocenters. The highest BCUT2D eigenvalue weighted by molar-refractivity contribution is 5.91. The fourth-order valence-electron chi connectivity index (χ4n) is 6.38. The smallest absolute Gasteiger partial charge is 0.416 e. The van der Waals surface area contributed by atoms with Crippen LogP contribution in [0.25, 0.3) is 0 Å². The Morgan fingerprint density at radius 2 is 1.88 bits per heavy atom. The molecule has 0 radical (unpaired) electrons. The van der Waals surface area contributed by atoms with E-state index in [1.807, 2.05) is 0 Å². The van der Waals surface area contributed by atoms with Crippen LogP contribution in [0.3, 0.4) is 0 Å². The van der Waals surface area contributed by atoms with Gasteiger partial charge in [0.1, 0.15) is 6.54 Å². The molecule has 0 aliphatic carbocycles. The number of allylic oxidation sites excluding steroid dienone is 1. The van der Waals surface area contributed by atoms with Gasteiger partial charge in [-0.1, -0.05) is 12.1 Å². The number of nitrogens with one attached hydrogen (secondary N) is 1. The summed E-state index contributed by atoms with van der Waals surface area (Å²) >= 11 is 0. The van der Waals surface area contributed by atoms with Crippen molar-refractivity contribution in [2.75, 3.05) is 44.2 Å². The van der Waals surface area contributed by atoms with Gasteiger partial charge in [0.25, 0.3) is 0 Å². The number of carbonyl (C=O) groups excluding carboxylic acids is 1. The lowest BCUT2D eigenvalue weighted by Crippen LogP contribution is -2.66. The molecular weight excluding hydrogens is 539 g/mol. The average Bonchev–Trinajstić information content (AvgIpc) is 3.33. The second kappa shape index (κ2) is 9.60. The first-order chi connectivity index (χ1) is 19.5. The van der Waals surface area contributed by atoms with Crippen LogP contribution >= 0.6 is 0 Å². The number of benzene rings is 2. The maximum atomic E-state index is 13.5. The van der Waals surface area contributed by atoms with Gasteiger partial charge in [-0.05, 0) is 42.8 Å². The number of aromatic nitrogens is 3. The van der Waals surface area contributed by atoms with Crippen molar-refractivity contribution in [3.63, 3.8) is 0 Å². The zero-order valence-corrected chi connectivity index (χ0v) is 22.1. The number of hydrogen-bond acceptors (Lipinski definition) is 7. The summed E-state index contributed by atoms with van der Waals surface area (Å²) in [6.45, 7) is 7.53. The highest BCUT2D eigenvalue weighted by atomic mass is 19.4. The maximum absolute atomic E-state index is 13.5. The van der Waals surface area contributed by atoms with Crippen LogP contribution in [-0.4, -0.2) is 69.4 Å². The summed E-state index contributed by atoms with van der Waals surface area (Å²) < 4.78 is 42.5. The van der Waals surface area contributed by atoms with Crippen molar-refractivity contribution in [1.82, 2.24) is 19.7 Å². The molecule has 10 nitrogen and oxygen atoms in total. The number of aliphatic carboxylic acids is 1. The number of nitrogens with zero attached hydrogens (tertiary/aromatic N) is 6. The van der Waals surface area contributed by atoms with Gasteiger partial charge >= 0.3 is 11.9 Å². The largest absolute Gasteiger partial charge is 0.545 e. The minimum absolute atomic E-state index is 0.0145. The molecule has 1 aromatic heterocycles. The number of H-pyrrole nitrogens is 1. The molecular formula is C28H26F3N7O3. The minimum Gasteiger partial charge on any atom is -0.545 e. The van der Waals surface area contributed by atoms with Gasteiger partial charge < -0.3 is 14.4 Å². The van der Waals surface area contributed by atoms with E-state index in [1.54, 1.807) is 18.2 Å². The van der Waals surface area contributed by atoms with Crippen LogP contribution in [0.5, 0.6) is 0 Å². The number of piperazine rings is 3. The molecule has 0 saturated carbocycles. The Balaban J connectivity index is 1.54. The Morgan fingerprint density at radius 3 is 2.51 bits per heavy atom. The van der Waals surface area contributed by atoms with Crippen molar-refractivity contribution >= 4 is 17.6 Å². The minimum atomic E-state index is -4.64. The highest BCUT2D eigenvalue weighted by Crippen LogP contribution is 2.43. The summed E-state index contributed by atoms with van der Waals surface area (Å²) in [5, 5.41) is 28.9. The van der Waals surface area contributed by atoms with Gasteiger partial charge in [0, 0.05) is 42.2 Å². The fourth-order valence-corrected chi connectivity index (χ4v) is 6.38. The van der Waals surface area contributed by atoms with Crippen LogP contribution in [0.1, 0.15) is 35.2 Å². The van der Waals surface area contributed by atoms with Crippen LogP contribution in [0.15, 0.2) is 58.5 Å². The van der Waals surface area contributed by atoms with Gasteiger partial charge in [-0.3, -0.25) is 9.80 Å². The van der Waals surface area contributed by atoms with Gasteiger partial charge in [0.2, 0.25) is 5.95 Å². The number of nitriles is 1.